The lowest BCUT2D eigenvalue weighted by atomic mass is 10.6. The molecule has 0 amide bonds. The summed E-state index contributed by atoms with van der Waals surface area (Å²) in [5.74, 6) is 0.667. The third kappa shape index (κ3) is 1.96. The van der Waals surface area contributed by atoms with Crippen molar-refractivity contribution < 1.29 is 4.74 Å². The van der Waals surface area contributed by atoms with E-state index in [0.29, 0.717) is 12.0 Å². The van der Waals surface area contributed by atoms with Crippen LogP contribution in [0.25, 0.3) is 0 Å². The maximum Gasteiger partial charge on any atom is 0.0944 e. The largest absolute Gasteiger partial charge is 0.372 e. The Morgan fingerprint density at radius 2 is 2.33 bits per heavy atom. The second-order valence-corrected chi connectivity index (χ2v) is 1.42. The Kier molecular flexibility index (Phi) is 3.10. The van der Waals surface area contributed by atoms with Gasteiger partial charge in [-0.2, -0.15) is 9.90 Å². The zero-order chi connectivity index (χ0) is 3.70. The van der Waals surface area contributed by atoms with Crippen LogP contribution in [0.2, 0.25) is 0 Å². The van der Waals surface area contributed by atoms with Crippen molar-refractivity contribution in [2.45, 2.75) is 6.10 Å². The number of hydrogen-bond donors (Lipinski definition) is 0. The third-order valence-electron chi connectivity index (χ3n) is 0.574. The summed E-state index contributed by atoms with van der Waals surface area (Å²) >= 11 is 5.27. The highest BCUT2D eigenvalue weighted by atomic mass is 35.5. The fourth-order valence-electron chi connectivity index (χ4n) is 0.157. The second-order valence-electron chi connectivity index (χ2n) is 1.11. The molecular weight excluding hydrogens is 118 g/mol. The van der Waals surface area contributed by atoms with Crippen molar-refractivity contribution in [3.63, 3.8) is 0 Å². The molecule has 1 rings (SSSR count). The van der Waals surface area contributed by atoms with Crippen LogP contribution < -0.4 is 0 Å². The summed E-state index contributed by atoms with van der Waals surface area (Å²) in [4.78, 5) is 0. The zero-order valence-electron chi connectivity index (χ0n) is 3.48. The van der Waals surface area contributed by atoms with E-state index < -0.39 is 0 Å². The second kappa shape index (κ2) is 2.79. The summed E-state index contributed by atoms with van der Waals surface area (Å²) in [6, 6.07) is 0. The highest BCUT2D eigenvalue weighted by molar-refractivity contribution is 6.92. The summed E-state index contributed by atoms with van der Waals surface area (Å²) in [7, 11) is 0. The Labute approximate surface area is 45.6 Å². The van der Waals surface area contributed by atoms with Crippen molar-refractivity contribution in [1.29, 1.82) is 0 Å². The predicted octanol–water partition coefficient (Wildman–Crippen LogP) is 0.682. The molecule has 2 atom stereocenters. The van der Waals surface area contributed by atoms with E-state index in [1.165, 1.54) is 0 Å². The SMILES string of the molecule is ClCC1CO1.P. The van der Waals surface area contributed by atoms with Gasteiger partial charge in [0.15, 0.2) is 0 Å². The molecule has 0 spiro atoms. The average molecular weight is 127 g/mol. The van der Waals surface area contributed by atoms with E-state index in [0.717, 1.165) is 6.61 Å². The molecule has 1 nitrogen and oxygen atoms in total. The molecule has 1 heterocycles. The molecule has 0 saturated carbocycles. The van der Waals surface area contributed by atoms with Gasteiger partial charge in [-0.3, -0.25) is 0 Å². The molecule has 1 saturated heterocycles. The molecule has 2 unspecified atom stereocenters. The number of epoxide rings is 1. The maximum absolute atomic E-state index is 5.27. The Balaban J connectivity index is 0.000000250. The topological polar surface area (TPSA) is 12.5 Å². The minimum atomic E-state index is 0. The van der Waals surface area contributed by atoms with Crippen LogP contribution in [0.5, 0.6) is 0 Å². The van der Waals surface area contributed by atoms with Gasteiger partial charge in [-0.1, -0.05) is 0 Å². The van der Waals surface area contributed by atoms with Crippen LogP contribution in [-0.2, 0) is 4.74 Å². The van der Waals surface area contributed by atoms with Crippen molar-refractivity contribution in [2.24, 2.45) is 0 Å². The van der Waals surface area contributed by atoms with Gasteiger partial charge in [0.1, 0.15) is 0 Å². The van der Waals surface area contributed by atoms with Crippen molar-refractivity contribution in [2.75, 3.05) is 12.5 Å². The number of ether oxygens (including phenoxy) is 1. The molecule has 1 fully saturated rings. The standard InChI is InChI=1S/C3H5ClO.H3P/c4-1-3-2-5-3;/h3H,1-2H2;1H3. The van der Waals surface area contributed by atoms with Gasteiger partial charge in [0.05, 0.1) is 18.6 Å². The van der Waals surface area contributed by atoms with Crippen molar-refractivity contribution in [1.82, 2.24) is 0 Å². The Hall–Kier alpha value is 0.680. The fraction of sp³-hybridized carbons (Fsp3) is 1.00. The van der Waals surface area contributed by atoms with Gasteiger partial charge in [-0.15, -0.1) is 11.6 Å². The normalized spacial score (nSPS) is 28.5. The van der Waals surface area contributed by atoms with Crippen LogP contribution in [0.1, 0.15) is 0 Å². The Morgan fingerprint density at radius 1 is 1.83 bits per heavy atom. The summed E-state index contributed by atoms with van der Waals surface area (Å²) < 4.78 is 4.73. The maximum atomic E-state index is 5.27. The van der Waals surface area contributed by atoms with E-state index in [2.05, 4.69) is 0 Å². The molecule has 0 aromatic rings. The number of rotatable bonds is 1. The highest BCUT2D eigenvalue weighted by Crippen LogP contribution is 2.08. The van der Waals surface area contributed by atoms with Gasteiger partial charge >= 0.3 is 0 Å². The van der Waals surface area contributed by atoms with E-state index in [1.807, 2.05) is 0 Å². The first kappa shape index (κ1) is 6.68. The fourth-order valence-corrected chi connectivity index (χ4v) is 0.335. The van der Waals surface area contributed by atoms with Crippen molar-refractivity contribution >= 4 is 21.5 Å². The zero-order valence-corrected chi connectivity index (χ0v) is 5.66. The van der Waals surface area contributed by atoms with E-state index in [9.17, 15) is 0 Å². The highest BCUT2D eigenvalue weighted by Gasteiger charge is 2.19. The summed E-state index contributed by atoms with van der Waals surface area (Å²) in [5.41, 5.74) is 0. The quantitative estimate of drug-likeness (QED) is 0.286. The lowest BCUT2D eigenvalue weighted by Crippen LogP contribution is -1.80. The summed E-state index contributed by atoms with van der Waals surface area (Å²) in [6.45, 7) is 0.878. The minimum absolute atomic E-state index is 0. The molecule has 6 heavy (non-hydrogen) atoms. The van der Waals surface area contributed by atoms with Gasteiger partial charge in [0.2, 0.25) is 0 Å². The molecule has 0 aromatic heterocycles. The first-order valence-corrected chi connectivity index (χ1v) is 2.14. The van der Waals surface area contributed by atoms with Crippen LogP contribution >= 0.6 is 21.5 Å². The lowest BCUT2D eigenvalue weighted by Gasteiger charge is -1.67. The molecule has 0 bridgehead atoms. The molecule has 0 aliphatic carbocycles. The van der Waals surface area contributed by atoms with Crippen LogP contribution in [-0.4, -0.2) is 18.6 Å². The van der Waals surface area contributed by atoms with Crippen LogP contribution in [0.3, 0.4) is 0 Å². The van der Waals surface area contributed by atoms with E-state index in [-0.39, 0.29) is 9.90 Å². The van der Waals surface area contributed by atoms with Crippen molar-refractivity contribution in [3.05, 3.63) is 0 Å². The lowest BCUT2D eigenvalue weighted by molar-refractivity contribution is 0.425. The molecule has 0 radical (unpaired) electrons. The monoisotopic (exact) mass is 126 g/mol. The molecule has 0 N–H and O–H groups in total. The van der Waals surface area contributed by atoms with Gasteiger partial charge in [-0.25, -0.2) is 0 Å². The molecule has 1 aliphatic rings. The van der Waals surface area contributed by atoms with Gasteiger partial charge in [0.25, 0.3) is 0 Å². The van der Waals surface area contributed by atoms with Crippen LogP contribution in [0, 0.1) is 0 Å². The molecule has 1 aliphatic heterocycles. The molecular formula is C3H8ClOP. The van der Waals surface area contributed by atoms with E-state index in [4.69, 9.17) is 16.3 Å². The smallest absolute Gasteiger partial charge is 0.0944 e. The van der Waals surface area contributed by atoms with Gasteiger partial charge < -0.3 is 4.74 Å². The summed E-state index contributed by atoms with van der Waals surface area (Å²) in [5, 5.41) is 0. The number of alkyl halides is 1. The summed E-state index contributed by atoms with van der Waals surface area (Å²) in [6.07, 6.45) is 0.400. The Bertz CT molecular complexity index is 37.8. The first-order chi connectivity index (χ1) is 2.43. The van der Waals surface area contributed by atoms with E-state index in [1.54, 1.807) is 0 Å². The first-order valence-electron chi connectivity index (χ1n) is 1.61. The molecule has 38 valence electrons. The van der Waals surface area contributed by atoms with Gasteiger partial charge in [-0.05, 0) is 0 Å². The molecule has 3 heteroatoms. The van der Waals surface area contributed by atoms with Gasteiger partial charge in [0, 0.05) is 0 Å². The van der Waals surface area contributed by atoms with Crippen LogP contribution in [0.4, 0.5) is 0 Å². The third-order valence-corrected chi connectivity index (χ3v) is 0.919. The Morgan fingerprint density at radius 3 is 2.33 bits per heavy atom. The van der Waals surface area contributed by atoms with Crippen molar-refractivity contribution in [3.8, 4) is 0 Å². The van der Waals surface area contributed by atoms with E-state index >= 15 is 0 Å². The number of hydrogen-bond acceptors (Lipinski definition) is 1. The van der Waals surface area contributed by atoms with Crippen LogP contribution in [0.15, 0.2) is 0 Å². The average Bonchev–Trinajstić information content (AvgIpc) is 2.12. The number of halogens is 1. The minimum Gasteiger partial charge on any atom is -0.372 e. The molecule has 0 aromatic carbocycles. The predicted molar refractivity (Wildman–Crippen MR) is 31.6 cm³/mol.